The monoisotopic (exact) mass is 443 g/mol. The van der Waals surface area contributed by atoms with E-state index < -0.39 is 0 Å². The van der Waals surface area contributed by atoms with Crippen LogP contribution in [0.5, 0.6) is 23.0 Å². The smallest absolute Gasteiger partial charge is 0.251 e. The van der Waals surface area contributed by atoms with E-state index in [1.54, 1.807) is 19.2 Å². The topological polar surface area (TPSA) is 72.5 Å². The van der Waals surface area contributed by atoms with Crippen LogP contribution in [0.2, 0.25) is 0 Å². The minimum atomic E-state index is -0.159. The molecule has 0 saturated carbocycles. The van der Waals surface area contributed by atoms with Crippen LogP contribution in [0.3, 0.4) is 0 Å². The second-order valence-corrected chi connectivity index (χ2v) is 7.55. The first-order valence-corrected chi connectivity index (χ1v) is 10.8. The van der Waals surface area contributed by atoms with Crippen LogP contribution in [0.1, 0.15) is 16.8 Å². The van der Waals surface area contributed by atoms with Gasteiger partial charge in [0.1, 0.15) is 5.75 Å². The fourth-order valence-electron chi connectivity index (χ4n) is 3.84. The molecule has 8 heteroatoms. The first-order chi connectivity index (χ1) is 15.6. The molecule has 8 nitrogen and oxygen atoms in total. The number of nitrogens with zero attached hydrogens (tertiary/aromatic N) is 2. The van der Waals surface area contributed by atoms with Gasteiger partial charge in [0.15, 0.2) is 11.5 Å². The van der Waals surface area contributed by atoms with Gasteiger partial charge in [0, 0.05) is 44.0 Å². The van der Waals surface area contributed by atoms with E-state index in [4.69, 9.17) is 18.9 Å². The van der Waals surface area contributed by atoms with Crippen LogP contribution in [0.25, 0.3) is 0 Å². The van der Waals surface area contributed by atoms with E-state index in [2.05, 4.69) is 27.2 Å². The predicted octanol–water partition coefficient (Wildman–Crippen LogP) is 2.66. The normalized spacial score (nSPS) is 14.1. The number of hydrogen-bond donors (Lipinski definition) is 1. The molecule has 1 fully saturated rings. The Balaban J connectivity index is 1.42. The van der Waals surface area contributed by atoms with Crippen molar-refractivity contribution in [1.29, 1.82) is 0 Å². The number of methoxy groups -OCH3 is 4. The average molecular weight is 444 g/mol. The van der Waals surface area contributed by atoms with E-state index in [0.29, 0.717) is 29.4 Å². The highest BCUT2D eigenvalue weighted by Gasteiger charge is 2.18. The lowest BCUT2D eigenvalue weighted by Gasteiger charge is -2.36. The quantitative estimate of drug-likeness (QED) is 0.566. The Labute approximate surface area is 190 Å². The molecule has 0 radical (unpaired) electrons. The summed E-state index contributed by atoms with van der Waals surface area (Å²) in [6.45, 7) is 5.55. The van der Waals surface area contributed by atoms with Crippen LogP contribution in [-0.2, 0) is 0 Å². The van der Waals surface area contributed by atoms with Gasteiger partial charge in [-0.15, -0.1) is 0 Å². The summed E-state index contributed by atoms with van der Waals surface area (Å²) in [6, 6.07) is 11.5. The molecule has 1 aliphatic heterocycles. The Hall–Kier alpha value is -3.13. The number of benzene rings is 2. The molecule has 0 aliphatic carbocycles. The van der Waals surface area contributed by atoms with Crippen molar-refractivity contribution >= 4 is 11.6 Å². The molecule has 1 amide bonds. The molecule has 2 aromatic rings. The van der Waals surface area contributed by atoms with E-state index in [1.807, 2.05) is 12.1 Å². The Bertz CT molecular complexity index is 855. The fraction of sp³-hybridized carbons (Fsp3) is 0.458. The van der Waals surface area contributed by atoms with E-state index in [-0.39, 0.29) is 5.91 Å². The van der Waals surface area contributed by atoms with Crippen molar-refractivity contribution in [1.82, 2.24) is 10.2 Å². The SMILES string of the molecule is COc1ccc(N2CCN(CCCNC(=O)c3cc(OC)c(OC)c(OC)c3)CC2)cc1. The lowest BCUT2D eigenvalue weighted by molar-refractivity contribution is 0.0950. The van der Waals surface area contributed by atoms with Gasteiger partial charge in [-0.2, -0.15) is 0 Å². The lowest BCUT2D eigenvalue weighted by atomic mass is 10.1. The van der Waals surface area contributed by atoms with Crippen LogP contribution in [0.4, 0.5) is 5.69 Å². The zero-order chi connectivity index (χ0) is 22.9. The Morgan fingerprint density at radius 2 is 1.50 bits per heavy atom. The van der Waals surface area contributed by atoms with Gasteiger partial charge >= 0.3 is 0 Å². The molecule has 1 saturated heterocycles. The van der Waals surface area contributed by atoms with Crippen molar-refractivity contribution in [2.24, 2.45) is 0 Å². The summed E-state index contributed by atoms with van der Waals surface area (Å²) >= 11 is 0. The number of hydrogen-bond acceptors (Lipinski definition) is 7. The van der Waals surface area contributed by atoms with Crippen molar-refractivity contribution in [3.8, 4) is 23.0 Å². The molecule has 2 aromatic carbocycles. The van der Waals surface area contributed by atoms with Crippen LogP contribution in [0.15, 0.2) is 36.4 Å². The molecule has 0 atom stereocenters. The maximum Gasteiger partial charge on any atom is 0.251 e. The third-order valence-corrected chi connectivity index (χ3v) is 5.67. The number of carbonyl (C=O) groups is 1. The van der Waals surface area contributed by atoms with Crippen LogP contribution in [-0.4, -0.2) is 78.5 Å². The van der Waals surface area contributed by atoms with Crippen LogP contribution < -0.4 is 29.2 Å². The van der Waals surface area contributed by atoms with Gasteiger partial charge in [0.05, 0.1) is 28.4 Å². The van der Waals surface area contributed by atoms with E-state index >= 15 is 0 Å². The Morgan fingerprint density at radius 1 is 0.875 bits per heavy atom. The lowest BCUT2D eigenvalue weighted by Crippen LogP contribution is -2.47. The van der Waals surface area contributed by atoms with Gasteiger partial charge in [-0.05, 0) is 49.4 Å². The zero-order valence-electron chi connectivity index (χ0n) is 19.3. The van der Waals surface area contributed by atoms with E-state index in [9.17, 15) is 4.79 Å². The van der Waals surface area contributed by atoms with Gasteiger partial charge in [0.25, 0.3) is 5.91 Å². The number of amides is 1. The van der Waals surface area contributed by atoms with Crippen molar-refractivity contribution in [3.05, 3.63) is 42.0 Å². The molecule has 0 spiro atoms. The minimum Gasteiger partial charge on any atom is -0.497 e. The van der Waals surface area contributed by atoms with Gasteiger partial charge in [0.2, 0.25) is 5.75 Å². The summed E-state index contributed by atoms with van der Waals surface area (Å²) in [4.78, 5) is 17.4. The van der Waals surface area contributed by atoms with Gasteiger partial charge in [-0.25, -0.2) is 0 Å². The molecule has 0 unspecified atom stereocenters. The maximum absolute atomic E-state index is 12.6. The summed E-state index contributed by atoms with van der Waals surface area (Å²) in [5.74, 6) is 2.12. The molecule has 174 valence electrons. The van der Waals surface area contributed by atoms with E-state index in [0.717, 1.165) is 44.9 Å². The molecule has 32 heavy (non-hydrogen) atoms. The van der Waals surface area contributed by atoms with Crippen LogP contribution in [0, 0.1) is 0 Å². The highest BCUT2D eigenvalue weighted by molar-refractivity contribution is 5.95. The van der Waals surface area contributed by atoms with Gasteiger partial charge in [-0.1, -0.05) is 0 Å². The second kappa shape index (κ2) is 11.5. The Morgan fingerprint density at radius 3 is 2.03 bits per heavy atom. The summed E-state index contributed by atoms with van der Waals surface area (Å²) in [6.07, 6.45) is 0.888. The molecule has 0 bridgehead atoms. The largest absolute Gasteiger partial charge is 0.497 e. The standard InChI is InChI=1S/C24H33N3O5/c1-29-20-8-6-19(7-9-20)27-14-12-26(13-15-27)11-5-10-25-24(28)18-16-21(30-2)23(32-4)22(17-18)31-3/h6-9,16-17H,5,10-15H2,1-4H3,(H,25,28). The summed E-state index contributed by atoms with van der Waals surface area (Å²) in [5.41, 5.74) is 1.70. The summed E-state index contributed by atoms with van der Waals surface area (Å²) in [7, 11) is 6.29. The highest BCUT2D eigenvalue weighted by atomic mass is 16.5. The molecular formula is C24H33N3O5. The molecular weight excluding hydrogens is 410 g/mol. The number of ether oxygens (including phenoxy) is 4. The Kier molecular flexibility index (Phi) is 8.44. The number of nitrogens with one attached hydrogen (secondary N) is 1. The van der Waals surface area contributed by atoms with Crippen LogP contribution >= 0.6 is 0 Å². The number of anilines is 1. The summed E-state index contributed by atoms with van der Waals surface area (Å²) in [5, 5.41) is 2.98. The molecule has 3 rings (SSSR count). The summed E-state index contributed by atoms with van der Waals surface area (Å²) < 4.78 is 21.2. The van der Waals surface area contributed by atoms with E-state index in [1.165, 1.54) is 27.0 Å². The fourth-order valence-corrected chi connectivity index (χ4v) is 3.84. The first-order valence-electron chi connectivity index (χ1n) is 10.8. The van der Waals surface area contributed by atoms with Gasteiger partial charge in [-0.3, -0.25) is 9.69 Å². The third-order valence-electron chi connectivity index (χ3n) is 5.67. The third kappa shape index (κ3) is 5.76. The van der Waals surface area contributed by atoms with Gasteiger partial charge < -0.3 is 29.2 Å². The van der Waals surface area contributed by atoms with Crippen molar-refractivity contribution in [2.75, 3.05) is 72.6 Å². The molecule has 0 aromatic heterocycles. The highest BCUT2D eigenvalue weighted by Crippen LogP contribution is 2.38. The second-order valence-electron chi connectivity index (χ2n) is 7.55. The number of rotatable bonds is 10. The first kappa shape index (κ1) is 23.5. The van der Waals surface area contributed by atoms with Crippen molar-refractivity contribution < 1.29 is 23.7 Å². The average Bonchev–Trinajstić information content (AvgIpc) is 2.85. The minimum absolute atomic E-state index is 0.159. The molecule has 1 N–H and O–H groups in total. The number of piperazine rings is 1. The molecule has 1 heterocycles. The maximum atomic E-state index is 12.6. The zero-order valence-corrected chi connectivity index (χ0v) is 19.3. The van der Waals surface area contributed by atoms with Crippen molar-refractivity contribution in [3.63, 3.8) is 0 Å². The predicted molar refractivity (Wildman–Crippen MR) is 125 cm³/mol. The van der Waals surface area contributed by atoms with Crippen molar-refractivity contribution in [2.45, 2.75) is 6.42 Å². The molecule has 1 aliphatic rings. The number of carbonyl (C=O) groups excluding carboxylic acids is 1.